The quantitative estimate of drug-likeness (QED) is 0.843. The second kappa shape index (κ2) is 6.99. The maximum Gasteiger partial charge on any atom is 0.253 e. The Bertz CT molecular complexity index is 392. The van der Waals surface area contributed by atoms with Crippen molar-refractivity contribution >= 4 is 11.7 Å². The molecule has 1 heterocycles. The molecular formula is C14H23N3O. The fraction of sp³-hybridized carbons (Fsp3) is 0.571. The van der Waals surface area contributed by atoms with Crippen LogP contribution in [0.5, 0.6) is 0 Å². The molecule has 1 unspecified atom stereocenters. The molecule has 0 radical (unpaired) electrons. The number of nitrogens with one attached hydrogen (secondary N) is 1. The number of pyridine rings is 1. The third kappa shape index (κ3) is 4.02. The summed E-state index contributed by atoms with van der Waals surface area (Å²) >= 11 is 0. The Labute approximate surface area is 109 Å². The Kier molecular flexibility index (Phi) is 5.62. The molecule has 1 N–H and O–H groups in total. The van der Waals surface area contributed by atoms with Crippen molar-refractivity contribution in [1.29, 1.82) is 0 Å². The molecule has 4 nitrogen and oxygen atoms in total. The van der Waals surface area contributed by atoms with Crippen molar-refractivity contribution in [3.05, 3.63) is 23.9 Å². The van der Waals surface area contributed by atoms with E-state index in [9.17, 15) is 4.79 Å². The second-order valence-electron chi connectivity index (χ2n) is 4.66. The third-order valence-corrected chi connectivity index (χ3v) is 2.99. The van der Waals surface area contributed by atoms with Crippen LogP contribution in [0.1, 0.15) is 37.6 Å². The van der Waals surface area contributed by atoms with Crippen LogP contribution in [0, 0.1) is 5.92 Å². The second-order valence-corrected chi connectivity index (χ2v) is 4.66. The fourth-order valence-electron chi connectivity index (χ4n) is 1.74. The van der Waals surface area contributed by atoms with Crippen LogP contribution in [0.4, 0.5) is 5.82 Å². The van der Waals surface area contributed by atoms with Gasteiger partial charge in [-0.15, -0.1) is 0 Å². The van der Waals surface area contributed by atoms with Gasteiger partial charge in [-0.05, 0) is 25.0 Å². The molecule has 0 fully saturated rings. The number of anilines is 1. The van der Waals surface area contributed by atoms with Crippen LogP contribution < -0.4 is 5.32 Å². The minimum absolute atomic E-state index is 0.0526. The molecule has 1 atom stereocenters. The van der Waals surface area contributed by atoms with Crippen molar-refractivity contribution in [2.24, 2.45) is 5.92 Å². The lowest BCUT2D eigenvalue weighted by atomic mass is 10.1. The summed E-state index contributed by atoms with van der Waals surface area (Å²) in [6, 6.07) is 3.56. The van der Waals surface area contributed by atoms with Gasteiger partial charge in [0.15, 0.2) is 0 Å². The zero-order valence-corrected chi connectivity index (χ0v) is 11.7. The van der Waals surface area contributed by atoms with Crippen LogP contribution in [0.2, 0.25) is 0 Å². The van der Waals surface area contributed by atoms with E-state index in [-0.39, 0.29) is 5.91 Å². The van der Waals surface area contributed by atoms with Gasteiger partial charge in [0.1, 0.15) is 5.82 Å². The highest BCUT2D eigenvalue weighted by atomic mass is 16.2. The molecule has 4 heteroatoms. The standard InChI is InChI=1S/C14H23N3O/c1-5-11(3)10-17(4)14(18)12-7-8-16-13(9-12)15-6-2/h7-9,11H,5-6,10H2,1-4H3,(H,15,16). The van der Waals surface area contributed by atoms with E-state index in [1.807, 2.05) is 14.0 Å². The zero-order chi connectivity index (χ0) is 13.5. The molecule has 0 aromatic carbocycles. The SMILES string of the molecule is CCNc1cc(C(=O)N(C)CC(C)CC)ccn1. The smallest absolute Gasteiger partial charge is 0.253 e. The van der Waals surface area contributed by atoms with Crippen LogP contribution in [0.3, 0.4) is 0 Å². The van der Waals surface area contributed by atoms with E-state index in [1.165, 1.54) is 0 Å². The van der Waals surface area contributed by atoms with E-state index in [0.29, 0.717) is 11.5 Å². The van der Waals surface area contributed by atoms with Crippen LogP contribution in [-0.4, -0.2) is 35.9 Å². The maximum absolute atomic E-state index is 12.2. The summed E-state index contributed by atoms with van der Waals surface area (Å²) in [7, 11) is 1.85. The first-order valence-corrected chi connectivity index (χ1v) is 6.53. The van der Waals surface area contributed by atoms with E-state index in [4.69, 9.17) is 0 Å². The molecule has 0 saturated heterocycles. The van der Waals surface area contributed by atoms with Gasteiger partial charge in [-0.25, -0.2) is 4.98 Å². The molecule has 0 aliphatic carbocycles. The van der Waals surface area contributed by atoms with E-state index < -0.39 is 0 Å². The van der Waals surface area contributed by atoms with Gasteiger partial charge in [-0.3, -0.25) is 4.79 Å². The number of nitrogens with zero attached hydrogens (tertiary/aromatic N) is 2. The number of carbonyl (C=O) groups is 1. The summed E-state index contributed by atoms with van der Waals surface area (Å²) in [6.45, 7) is 7.88. The molecule has 0 aliphatic heterocycles. The highest BCUT2D eigenvalue weighted by molar-refractivity contribution is 5.94. The summed E-state index contributed by atoms with van der Waals surface area (Å²) in [5.41, 5.74) is 0.687. The number of hydrogen-bond acceptors (Lipinski definition) is 3. The number of rotatable bonds is 6. The molecule has 1 aromatic heterocycles. The Morgan fingerprint density at radius 1 is 1.50 bits per heavy atom. The maximum atomic E-state index is 12.2. The Balaban J connectivity index is 2.73. The molecular weight excluding hydrogens is 226 g/mol. The van der Waals surface area contributed by atoms with Crippen molar-refractivity contribution in [3.63, 3.8) is 0 Å². The number of aromatic nitrogens is 1. The van der Waals surface area contributed by atoms with Crippen LogP contribution in [-0.2, 0) is 0 Å². The molecule has 0 bridgehead atoms. The van der Waals surface area contributed by atoms with Crippen LogP contribution in [0.25, 0.3) is 0 Å². The monoisotopic (exact) mass is 249 g/mol. The van der Waals surface area contributed by atoms with Crippen LogP contribution in [0.15, 0.2) is 18.3 Å². The Morgan fingerprint density at radius 3 is 2.83 bits per heavy atom. The summed E-state index contributed by atoms with van der Waals surface area (Å²) in [5.74, 6) is 1.33. The molecule has 0 saturated carbocycles. The first kappa shape index (κ1) is 14.5. The third-order valence-electron chi connectivity index (χ3n) is 2.99. The summed E-state index contributed by atoms with van der Waals surface area (Å²) < 4.78 is 0. The topological polar surface area (TPSA) is 45.2 Å². The molecule has 1 amide bonds. The lowest BCUT2D eigenvalue weighted by Gasteiger charge is -2.21. The molecule has 0 aliphatic rings. The lowest BCUT2D eigenvalue weighted by Crippen LogP contribution is -2.30. The van der Waals surface area contributed by atoms with E-state index in [1.54, 1.807) is 23.2 Å². The number of amides is 1. The molecule has 1 rings (SSSR count). The molecule has 1 aromatic rings. The molecule has 100 valence electrons. The fourth-order valence-corrected chi connectivity index (χ4v) is 1.74. The number of carbonyl (C=O) groups excluding carboxylic acids is 1. The lowest BCUT2D eigenvalue weighted by molar-refractivity contribution is 0.0775. The van der Waals surface area contributed by atoms with Crippen LogP contribution >= 0.6 is 0 Å². The minimum Gasteiger partial charge on any atom is -0.370 e. The van der Waals surface area contributed by atoms with E-state index in [2.05, 4.69) is 24.1 Å². The van der Waals surface area contributed by atoms with Crippen molar-refractivity contribution < 1.29 is 4.79 Å². The Morgan fingerprint density at radius 2 is 2.22 bits per heavy atom. The van der Waals surface area contributed by atoms with Gasteiger partial charge in [-0.2, -0.15) is 0 Å². The van der Waals surface area contributed by atoms with Gasteiger partial charge in [-0.1, -0.05) is 20.3 Å². The van der Waals surface area contributed by atoms with E-state index >= 15 is 0 Å². The van der Waals surface area contributed by atoms with Gasteiger partial charge in [0, 0.05) is 31.9 Å². The van der Waals surface area contributed by atoms with Gasteiger partial charge in [0.05, 0.1) is 0 Å². The molecule has 18 heavy (non-hydrogen) atoms. The van der Waals surface area contributed by atoms with E-state index in [0.717, 1.165) is 25.3 Å². The summed E-state index contributed by atoms with van der Waals surface area (Å²) in [6.07, 6.45) is 2.75. The zero-order valence-electron chi connectivity index (χ0n) is 11.7. The first-order chi connectivity index (χ1) is 8.58. The Hall–Kier alpha value is -1.58. The first-order valence-electron chi connectivity index (χ1n) is 6.53. The van der Waals surface area contributed by atoms with Crippen molar-refractivity contribution in [2.75, 3.05) is 25.5 Å². The van der Waals surface area contributed by atoms with Crippen molar-refractivity contribution in [3.8, 4) is 0 Å². The van der Waals surface area contributed by atoms with Gasteiger partial charge in [0.2, 0.25) is 0 Å². The van der Waals surface area contributed by atoms with Gasteiger partial charge in [0.25, 0.3) is 5.91 Å². The highest BCUT2D eigenvalue weighted by Crippen LogP contribution is 2.11. The summed E-state index contributed by atoms with van der Waals surface area (Å²) in [4.78, 5) is 18.2. The number of hydrogen-bond donors (Lipinski definition) is 1. The predicted octanol–water partition coefficient (Wildman–Crippen LogP) is 2.63. The minimum atomic E-state index is 0.0526. The average Bonchev–Trinajstić information content (AvgIpc) is 2.38. The normalized spacial score (nSPS) is 12.0. The predicted molar refractivity (Wildman–Crippen MR) is 74.8 cm³/mol. The highest BCUT2D eigenvalue weighted by Gasteiger charge is 2.14. The van der Waals surface area contributed by atoms with Crippen molar-refractivity contribution in [2.45, 2.75) is 27.2 Å². The van der Waals surface area contributed by atoms with Crippen molar-refractivity contribution in [1.82, 2.24) is 9.88 Å². The molecule has 0 spiro atoms. The largest absolute Gasteiger partial charge is 0.370 e. The van der Waals surface area contributed by atoms with Gasteiger partial charge < -0.3 is 10.2 Å². The average molecular weight is 249 g/mol. The summed E-state index contributed by atoms with van der Waals surface area (Å²) in [5, 5.41) is 3.11. The van der Waals surface area contributed by atoms with Gasteiger partial charge >= 0.3 is 0 Å².